The number of hydrogen-bond acceptors (Lipinski definition) is 6. The van der Waals surface area contributed by atoms with Gasteiger partial charge in [0.1, 0.15) is 21.9 Å². The minimum absolute atomic E-state index is 0.536. The summed E-state index contributed by atoms with van der Waals surface area (Å²) in [5, 5.41) is 1.31. The molecule has 1 N–H and O–H groups in total. The highest BCUT2D eigenvalue weighted by Gasteiger charge is 2.10. The Balaban J connectivity index is 2.06. The molecule has 0 spiro atoms. The summed E-state index contributed by atoms with van der Waals surface area (Å²) in [7, 11) is 0. The number of carbonyl (C=O) groups is 1. The van der Waals surface area contributed by atoms with E-state index in [4.69, 9.17) is 0 Å². The first-order valence-electron chi connectivity index (χ1n) is 5.10. The van der Waals surface area contributed by atoms with Gasteiger partial charge in [-0.25, -0.2) is 19.9 Å². The third-order valence-electron chi connectivity index (χ3n) is 2.31. The molecule has 3 aromatic rings. The number of fused-ring (bicyclic) bond motifs is 1. The lowest BCUT2D eigenvalue weighted by atomic mass is 10.3. The maximum Gasteiger partial charge on any atom is 0.181 e. The Hall–Kier alpha value is -2.28. The lowest BCUT2D eigenvalue weighted by molar-refractivity contribution is 0.112. The van der Waals surface area contributed by atoms with Gasteiger partial charge in [-0.2, -0.15) is 0 Å². The molecule has 0 radical (unpaired) electrons. The molecule has 0 aliphatic heterocycles. The van der Waals surface area contributed by atoms with E-state index in [0.717, 1.165) is 11.8 Å². The van der Waals surface area contributed by atoms with Crippen molar-refractivity contribution in [3.8, 4) is 0 Å². The van der Waals surface area contributed by atoms with Crippen LogP contribution in [0.25, 0.3) is 11.2 Å². The smallest absolute Gasteiger partial charge is 0.181 e. The number of imidazole rings is 1. The number of nitrogens with zero attached hydrogens (tertiary/aromatic N) is 4. The van der Waals surface area contributed by atoms with Crippen LogP contribution >= 0.6 is 11.8 Å². The Bertz CT molecular complexity index is 711. The van der Waals surface area contributed by atoms with E-state index in [0.29, 0.717) is 21.3 Å². The first kappa shape index (κ1) is 10.8. The zero-order valence-corrected chi connectivity index (χ0v) is 9.89. The van der Waals surface area contributed by atoms with Crippen molar-refractivity contribution in [2.45, 2.75) is 10.1 Å². The maximum absolute atomic E-state index is 10.9. The van der Waals surface area contributed by atoms with Crippen molar-refractivity contribution in [1.29, 1.82) is 0 Å². The van der Waals surface area contributed by atoms with E-state index in [1.807, 2.05) is 0 Å². The first-order valence-corrected chi connectivity index (χ1v) is 5.92. The van der Waals surface area contributed by atoms with E-state index in [1.165, 1.54) is 18.1 Å². The second-order valence-electron chi connectivity index (χ2n) is 3.40. The predicted molar refractivity (Wildman–Crippen MR) is 65.4 cm³/mol. The number of nitrogens with one attached hydrogen (secondary N) is 1. The minimum atomic E-state index is 0.536. The maximum atomic E-state index is 10.9. The number of H-pyrrole nitrogens is 1. The number of aldehydes is 1. The van der Waals surface area contributed by atoms with Crippen molar-refractivity contribution in [2.75, 3.05) is 0 Å². The first-order chi connectivity index (χ1) is 8.88. The van der Waals surface area contributed by atoms with Gasteiger partial charge in [-0.05, 0) is 23.9 Å². The summed E-state index contributed by atoms with van der Waals surface area (Å²) in [6.07, 6.45) is 5.42. The van der Waals surface area contributed by atoms with Crippen LogP contribution in [-0.4, -0.2) is 31.2 Å². The number of pyridine rings is 1. The lowest BCUT2D eigenvalue weighted by Gasteiger charge is -2.02. The summed E-state index contributed by atoms with van der Waals surface area (Å²) in [5.41, 5.74) is 1.87. The van der Waals surface area contributed by atoms with Crippen molar-refractivity contribution >= 4 is 29.2 Å². The molecule has 0 aliphatic rings. The molecule has 0 aromatic carbocycles. The average molecular weight is 257 g/mol. The van der Waals surface area contributed by atoms with E-state index in [2.05, 4.69) is 24.9 Å². The van der Waals surface area contributed by atoms with Crippen molar-refractivity contribution < 1.29 is 4.79 Å². The predicted octanol–water partition coefficient (Wildman–Crippen LogP) is 1.71. The van der Waals surface area contributed by atoms with Crippen LogP contribution in [-0.2, 0) is 0 Å². The fourth-order valence-corrected chi connectivity index (χ4v) is 2.37. The van der Waals surface area contributed by atoms with Crippen LogP contribution in [0, 0.1) is 0 Å². The van der Waals surface area contributed by atoms with Gasteiger partial charge in [-0.15, -0.1) is 0 Å². The molecule has 0 saturated carbocycles. The summed E-state index contributed by atoms with van der Waals surface area (Å²) in [5.74, 6) is 0. The zero-order chi connectivity index (χ0) is 12.4. The topological polar surface area (TPSA) is 84.4 Å². The fourth-order valence-electron chi connectivity index (χ4n) is 1.49. The SMILES string of the molecule is O=Cc1cccnc1Sc1ncnc2nc[nH]c12. The Kier molecular flexibility index (Phi) is 2.73. The highest BCUT2D eigenvalue weighted by Crippen LogP contribution is 2.29. The van der Waals surface area contributed by atoms with Crippen LogP contribution in [0.15, 0.2) is 41.0 Å². The van der Waals surface area contributed by atoms with Crippen molar-refractivity contribution in [3.05, 3.63) is 36.5 Å². The van der Waals surface area contributed by atoms with Gasteiger partial charge in [0.2, 0.25) is 0 Å². The molecule has 3 rings (SSSR count). The summed E-state index contributed by atoms with van der Waals surface area (Å²) < 4.78 is 0. The number of aromatic amines is 1. The van der Waals surface area contributed by atoms with Crippen molar-refractivity contribution in [3.63, 3.8) is 0 Å². The molecule has 6 nitrogen and oxygen atoms in total. The Morgan fingerprint density at radius 2 is 2.11 bits per heavy atom. The normalized spacial score (nSPS) is 10.7. The van der Waals surface area contributed by atoms with Crippen molar-refractivity contribution in [2.24, 2.45) is 0 Å². The monoisotopic (exact) mass is 257 g/mol. The van der Waals surface area contributed by atoms with Gasteiger partial charge in [0.25, 0.3) is 0 Å². The summed E-state index contributed by atoms with van der Waals surface area (Å²) >= 11 is 1.31. The zero-order valence-electron chi connectivity index (χ0n) is 9.07. The Morgan fingerprint density at radius 3 is 3.00 bits per heavy atom. The van der Waals surface area contributed by atoms with E-state index >= 15 is 0 Å². The van der Waals surface area contributed by atoms with E-state index < -0.39 is 0 Å². The van der Waals surface area contributed by atoms with Crippen LogP contribution < -0.4 is 0 Å². The molecule has 7 heteroatoms. The van der Waals surface area contributed by atoms with Crippen LogP contribution in [0.5, 0.6) is 0 Å². The minimum Gasteiger partial charge on any atom is -0.341 e. The largest absolute Gasteiger partial charge is 0.341 e. The van der Waals surface area contributed by atoms with Crippen LogP contribution in [0.1, 0.15) is 10.4 Å². The highest BCUT2D eigenvalue weighted by molar-refractivity contribution is 7.99. The highest BCUT2D eigenvalue weighted by atomic mass is 32.2. The fraction of sp³-hybridized carbons (Fsp3) is 0. The van der Waals surface area contributed by atoms with Gasteiger partial charge < -0.3 is 4.98 Å². The Morgan fingerprint density at radius 1 is 1.17 bits per heavy atom. The molecule has 0 atom stereocenters. The molecule has 0 fully saturated rings. The molecular weight excluding hydrogens is 250 g/mol. The summed E-state index contributed by atoms with van der Waals surface area (Å²) in [6.45, 7) is 0. The summed E-state index contributed by atoms with van der Waals surface area (Å²) in [4.78, 5) is 30.3. The van der Waals surface area contributed by atoms with E-state index in [9.17, 15) is 4.79 Å². The molecule has 0 aliphatic carbocycles. The van der Waals surface area contributed by atoms with Gasteiger partial charge in [-0.3, -0.25) is 4.79 Å². The second-order valence-corrected chi connectivity index (χ2v) is 4.38. The quantitative estimate of drug-likeness (QED) is 0.568. The van der Waals surface area contributed by atoms with Crippen LogP contribution in [0.3, 0.4) is 0 Å². The standard InChI is InChI=1S/C11H7N5OS/c17-4-7-2-1-3-12-10(7)18-11-8-9(14-5-13-8)15-6-16-11/h1-6H,(H,13,14,15,16). The molecule has 0 amide bonds. The van der Waals surface area contributed by atoms with Gasteiger partial charge in [0.15, 0.2) is 11.9 Å². The van der Waals surface area contributed by atoms with Gasteiger partial charge in [-0.1, -0.05) is 0 Å². The van der Waals surface area contributed by atoms with E-state index in [-0.39, 0.29) is 0 Å². The molecule has 0 unspecified atom stereocenters. The molecule has 3 aromatic heterocycles. The summed E-state index contributed by atoms with van der Waals surface area (Å²) in [6, 6.07) is 3.44. The van der Waals surface area contributed by atoms with Crippen molar-refractivity contribution in [1.82, 2.24) is 24.9 Å². The van der Waals surface area contributed by atoms with Crippen LogP contribution in [0.2, 0.25) is 0 Å². The number of rotatable bonds is 3. The molecule has 0 bridgehead atoms. The van der Waals surface area contributed by atoms with Gasteiger partial charge in [0.05, 0.1) is 6.33 Å². The molecule has 88 valence electrons. The number of hydrogen-bond donors (Lipinski definition) is 1. The van der Waals surface area contributed by atoms with Crippen LogP contribution in [0.4, 0.5) is 0 Å². The third-order valence-corrected chi connectivity index (χ3v) is 3.35. The van der Waals surface area contributed by atoms with Gasteiger partial charge in [0, 0.05) is 11.8 Å². The molecular formula is C11H7N5OS. The van der Waals surface area contributed by atoms with Gasteiger partial charge >= 0.3 is 0 Å². The number of carbonyl (C=O) groups excluding carboxylic acids is 1. The Labute approximate surface area is 106 Å². The second kappa shape index (κ2) is 4.53. The average Bonchev–Trinajstić information content (AvgIpc) is 2.89. The van der Waals surface area contributed by atoms with E-state index in [1.54, 1.807) is 24.7 Å². The molecule has 18 heavy (non-hydrogen) atoms. The molecule has 3 heterocycles. The third kappa shape index (κ3) is 1.84. The molecule has 0 saturated heterocycles. The number of aromatic nitrogens is 5. The lowest BCUT2D eigenvalue weighted by Crippen LogP contribution is -1.91.